The molecule has 5 atom stereocenters. The molecule has 32 heteroatoms. The molecular formula is C59H60Cl7N10O9PS5. The molecular weight excluding hydrogens is 1430 g/mol. The van der Waals surface area contributed by atoms with Gasteiger partial charge in [-0.3, -0.25) is 18.9 Å². The Bertz CT molecular complexity index is 4130. The van der Waals surface area contributed by atoms with Gasteiger partial charge in [-0.1, -0.05) is 46.4 Å². The first-order valence-corrected chi connectivity index (χ1v) is 39.3. The monoisotopic (exact) mass is 1490 g/mol. The summed E-state index contributed by atoms with van der Waals surface area (Å²) in [6, 6.07) is 0. The minimum absolute atomic E-state index is 0.0908. The number of fused-ring (bicyclic) bond motifs is 15. The van der Waals surface area contributed by atoms with Gasteiger partial charge in [0.1, 0.15) is 70.1 Å². The lowest BCUT2D eigenvalue weighted by Gasteiger charge is -2.10. The van der Waals surface area contributed by atoms with Crippen LogP contribution in [0.1, 0.15) is 160 Å². The highest BCUT2D eigenvalue weighted by Crippen LogP contribution is 2.61. The van der Waals surface area contributed by atoms with Crippen molar-refractivity contribution in [3.05, 3.63) is 115 Å². The minimum atomic E-state index is -3.22. The van der Waals surface area contributed by atoms with Crippen molar-refractivity contribution < 1.29 is 38.9 Å². The number of nitrogens with one attached hydrogen (secondary N) is 1. The van der Waals surface area contributed by atoms with Gasteiger partial charge >= 0.3 is 17.1 Å². The number of ether oxygens (including phenoxy) is 2. The number of thiophene rings is 5. The number of esters is 2. The van der Waals surface area contributed by atoms with Crippen molar-refractivity contribution in [2.24, 2.45) is 0 Å². The van der Waals surface area contributed by atoms with Crippen molar-refractivity contribution in [1.82, 2.24) is 49.8 Å². The van der Waals surface area contributed by atoms with Gasteiger partial charge < -0.3 is 29.8 Å². The van der Waals surface area contributed by atoms with Gasteiger partial charge in [0.05, 0.1) is 59.3 Å². The number of nitrogens with zero attached hydrogens (tertiary/aromatic N) is 9. The zero-order chi connectivity index (χ0) is 64.7. The molecule has 19 nitrogen and oxygen atoms in total. The van der Waals surface area contributed by atoms with Crippen molar-refractivity contribution in [2.75, 3.05) is 33.0 Å². The lowest BCUT2D eigenvalue weighted by molar-refractivity contribution is -0.144. The smallest absolute Gasteiger partial charge is 0.339 e. The van der Waals surface area contributed by atoms with E-state index in [1.54, 1.807) is 63.6 Å². The van der Waals surface area contributed by atoms with Crippen LogP contribution in [0.2, 0.25) is 20.6 Å². The maximum Gasteiger partial charge on any atom is 0.339 e. The minimum Gasteiger partial charge on any atom is -0.466 e. The standard InChI is InChI=1S/C13H13ClN2O2S.C13H14N2O3S.3C11H11ClN2OS.Cl3OP/c1-2-18-9(17)5-7-3-4-8-10(7)11-12(14)15-6-16-13(11)19-8;1-2-18-9(16)5-7-3-4-8-10(7)11-12(17)14-6-15-13(11)19-8;3*12-10-9-8-6(3-4-15)1-2-7(8)16-11(9)14-5-13-10;1-5(2,3)4/h6-7H,2-5H2,1H3;6-7H,2-5H2,1H3,(H,14,15,17);3*5-6,15H,1-4H2;/t;;2*6-;;/m..10../s1. The van der Waals surface area contributed by atoms with E-state index in [9.17, 15) is 18.9 Å². The van der Waals surface area contributed by atoms with Crippen LogP contribution in [0.15, 0.2) is 36.4 Å². The predicted octanol–water partition coefficient (Wildman–Crippen LogP) is 16.4. The van der Waals surface area contributed by atoms with Crippen molar-refractivity contribution in [3.63, 3.8) is 0 Å². The summed E-state index contributed by atoms with van der Waals surface area (Å²) in [6.07, 6.45) is 21.0. The van der Waals surface area contributed by atoms with E-state index in [1.807, 2.05) is 6.92 Å². The van der Waals surface area contributed by atoms with Gasteiger partial charge in [-0.15, -0.1) is 56.7 Å². The van der Waals surface area contributed by atoms with E-state index in [0.717, 1.165) is 135 Å². The summed E-state index contributed by atoms with van der Waals surface area (Å²) < 4.78 is 19.6. The molecule has 10 heterocycles. The van der Waals surface area contributed by atoms with Gasteiger partial charge in [0.25, 0.3) is 5.56 Å². The number of halogens is 7. The Kier molecular flexibility index (Phi) is 24.4. The third-order valence-electron chi connectivity index (χ3n) is 16.3. The van der Waals surface area contributed by atoms with E-state index < -0.39 is 5.20 Å². The van der Waals surface area contributed by atoms with Crippen LogP contribution in [0, 0.1) is 0 Å². The maximum atomic E-state index is 12.0. The molecule has 0 bridgehead atoms. The summed E-state index contributed by atoms with van der Waals surface area (Å²) in [5.41, 5.74) is 5.94. The van der Waals surface area contributed by atoms with E-state index in [0.29, 0.717) is 69.8 Å². The van der Waals surface area contributed by atoms with Crippen molar-refractivity contribution in [3.8, 4) is 0 Å². The highest BCUT2D eigenvalue weighted by Gasteiger charge is 2.35. The van der Waals surface area contributed by atoms with E-state index >= 15 is 0 Å². The Morgan fingerprint density at radius 1 is 0.473 bits per heavy atom. The molecule has 484 valence electrons. The van der Waals surface area contributed by atoms with E-state index in [-0.39, 0.29) is 49.2 Å². The largest absolute Gasteiger partial charge is 0.466 e. The molecule has 3 unspecified atom stereocenters. The number of aryl methyl sites for hydroxylation is 5. The van der Waals surface area contributed by atoms with Gasteiger partial charge in [0, 0.05) is 44.2 Å². The first kappa shape index (κ1) is 69.9. The summed E-state index contributed by atoms with van der Waals surface area (Å²) in [6.45, 7) is 5.12. The van der Waals surface area contributed by atoms with Crippen LogP contribution in [0.3, 0.4) is 0 Å². The van der Waals surface area contributed by atoms with Crippen LogP contribution in [0.4, 0.5) is 0 Å². The van der Waals surface area contributed by atoms with E-state index in [4.69, 9.17) is 71.2 Å². The number of aromatic amines is 1. The molecule has 0 aliphatic heterocycles. The summed E-state index contributed by atoms with van der Waals surface area (Å²) in [7, 11) is 0. The fourth-order valence-corrected chi connectivity index (χ4v) is 20.2. The summed E-state index contributed by atoms with van der Waals surface area (Å²) in [5, 5.41) is 30.7. The number of hydrogen-bond acceptors (Lipinski definition) is 23. The molecule has 4 N–H and O–H groups in total. The van der Waals surface area contributed by atoms with Gasteiger partial charge in [-0.05, 0) is 188 Å². The Morgan fingerprint density at radius 3 is 1.02 bits per heavy atom. The van der Waals surface area contributed by atoms with Crippen LogP contribution in [-0.4, -0.2) is 110 Å². The predicted molar refractivity (Wildman–Crippen MR) is 368 cm³/mol. The summed E-state index contributed by atoms with van der Waals surface area (Å²) >= 11 is 46.8. The number of aromatic nitrogens is 10. The highest BCUT2D eigenvalue weighted by atomic mass is 36.0. The SMILES string of the molecule is CCOC(=O)CC1CCc2sc3nc[nH]c(=O)c3c21.CCOC(=O)CC1CCc2sc3ncnc(Cl)c3c21.O=P(Cl)(Cl)Cl.OCCC1CCc2sc3ncnc(Cl)c3c21.OCC[C@@H]1CCc2sc3ncnc(Cl)c3c21.OCC[C@H]1CCc2sc3ncnc(Cl)c3c21. The Hall–Kier alpha value is -3.92. The van der Waals surface area contributed by atoms with Gasteiger partial charge in [0.2, 0.25) is 0 Å². The van der Waals surface area contributed by atoms with Crippen LogP contribution < -0.4 is 5.56 Å². The van der Waals surface area contributed by atoms with Gasteiger partial charge in [-0.25, -0.2) is 44.9 Å². The van der Waals surface area contributed by atoms with Crippen LogP contribution in [0.5, 0.6) is 0 Å². The Balaban J connectivity index is 0.000000123. The molecule has 0 amide bonds. The third kappa shape index (κ3) is 16.2. The summed E-state index contributed by atoms with van der Waals surface area (Å²) in [4.78, 5) is 86.5. The van der Waals surface area contributed by atoms with Gasteiger partial charge in [0.15, 0.2) is 0 Å². The van der Waals surface area contributed by atoms with Crippen LogP contribution >= 0.6 is 142 Å². The molecule has 0 radical (unpaired) electrons. The second-order valence-corrected chi connectivity index (χ2v) is 35.1. The molecule has 0 saturated heterocycles. The molecule has 10 aromatic heterocycles. The molecule has 0 saturated carbocycles. The Morgan fingerprint density at radius 2 is 0.736 bits per heavy atom. The normalized spacial score (nSPS) is 18.2. The number of carbonyl (C=O) groups excluding carboxylic acids is 2. The van der Waals surface area contributed by atoms with Crippen molar-refractivity contribution in [2.45, 2.75) is 140 Å². The lowest BCUT2D eigenvalue weighted by atomic mass is 9.98. The molecule has 5 aliphatic carbocycles. The molecule has 10 aromatic rings. The first-order valence-electron chi connectivity index (χ1n) is 29.3. The molecule has 5 aliphatic rings. The van der Waals surface area contributed by atoms with Crippen molar-refractivity contribution in [1.29, 1.82) is 0 Å². The van der Waals surface area contributed by atoms with Gasteiger partial charge in [-0.2, -0.15) is 0 Å². The van der Waals surface area contributed by atoms with E-state index in [2.05, 4.69) is 83.6 Å². The average Bonchev–Trinajstić information content (AvgIpc) is 1.67. The number of H-pyrrole nitrogens is 1. The number of hydrogen-bond donors (Lipinski definition) is 4. The Labute approximate surface area is 576 Å². The number of rotatable bonds is 12. The first-order chi connectivity index (χ1) is 43.8. The number of aliphatic hydroxyl groups is 3. The molecule has 91 heavy (non-hydrogen) atoms. The molecule has 0 aromatic carbocycles. The molecule has 0 fully saturated rings. The zero-order valence-corrected chi connectivity index (χ0v) is 59.1. The number of carbonyl (C=O) groups is 2. The fourth-order valence-electron chi connectivity index (χ4n) is 12.8. The van der Waals surface area contributed by atoms with Crippen LogP contribution in [-0.2, 0) is 55.7 Å². The average molecular weight is 1490 g/mol. The molecule has 15 rings (SSSR count). The summed E-state index contributed by atoms with van der Waals surface area (Å²) in [5.74, 6) is 1.22. The lowest BCUT2D eigenvalue weighted by Crippen LogP contribution is -2.11. The fraction of sp³-hybridized carbons (Fsp3) is 0.458. The maximum absolute atomic E-state index is 12.0. The third-order valence-corrected chi connectivity index (χ3v) is 23.4. The quantitative estimate of drug-likeness (QED) is 0.0502. The highest BCUT2D eigenvalue weighted by molar-refractivity contribution is 8.24. The zero-order valence-electron chi connectivity index (χ0n) is 48.9. The molecule has 0 spiro atoms. The second kappa shape index (κ2) is 31.8. The van der Waals surface area contributed by atoms with Crippen molar-refractivity contribution >= 4 is 205 Å². The number of aliphatic hydroxyl groups excluding tert-OH is 3. The van der Waals surface area contributed by atoms with Crippen LogP contribution in [0.25, 0.3) is 51.1 Å². The topological polar surface area (TPSA) is 279 Å². The van der Waals surface area contributed by atoms with E-state index in [1.165, 1.54) is 78.3 Å². The second-order valence-electron chi connectivity index (χ2n) is 21.6.